The number of amides is 1. The number of aromatic nitrogens is 1. The van der Waals surface area contributed by atoms with Crippen molar-refractivity contribution >= 4 is 27.3 Å². The molecule has 2 heterocycles. The number of hydrogen-bond donors (Lipinski definition) is 1. The molecule has 2 aromatic rings. The zero-order chi connectivity index (χ0) is 16.9. The minimum absolute atomic E-state index is 0.103. The molecule has 1 amide bonds. The second-order valence-corrected chi connectivity index (χ2v) is 7.89. The highest BCUT2D eigenvalue weighted by Crippen LogP contribution is 2.37. The summed E-state index contributed by atoms with van der Waals surface area (Å²) in [5.74, 6) is 0.602. The zero-order valence-corrected chi connectivity index (χ0v) is 14.0. The highest BCUT2D eigenvalue weighted by atomic mass is 32.2. The summed E-state index contributed by atoms with van der Waals surface area (Å²) in [6.45, 7) is 2.25. The molecule has 1 fully saturated rings. The Morgan fingerprint density at radius 2 is 2.17 bits per heavy atom. The molecule has 24 heavy (non-hydrogen) atoms. The topological polar surface area (TPSA) is 92.5 Å². The maximum absolute atomic E-state index is 12.6. The van der Waals surface area contributed by atoms with Gasteiger partial charge in [-0.25, -0.2) is 8.42 Å². The van der Waals surface area contributed by atoms with Crippen molar-refractivity contribution in [3.8, 4) is 0 Å². The number of anilines is 2. The first-order chi connectivity index (χ1) is 11.5. The van der Waals surface area contributed by atoms with Crippen LogP contribution in [-0.2, 0) is 21.2 Å². The van der Waals surface area contributed by atoms with Crippen LogP contribution in [-0.4, -0.2) is 26.0 Å². The van der Waals surface area contributed by atoms with Crippen molar-refractivity contribution in [3.63, 3.8) is 0 Å². The predicted octanol–water partition coefficient (Wildman–Crippen LogP) is 2.08. The van der Waals surface area contributed by atoms with Gasteiger partial charge in [0, 0.05) is 18.2 Å². The first kappa shape index (κ1) is 15.2. The Morgan fingerprint density at radius 1 is 1.38 bits per heavy atom. The van der Waals surface area contributed by atoms with E-state index in [2.05, 4.69) is 9.88 Å². The second kappa shape index (κ2) is 5.34. The lowest BCUT2D eigenvalue weighted by atomic mass is 10.2. The van der Waals surface area contributed by atoms with E-state index in [-0.39, 0.29) is 16.7 Å². The van der Waals surface area contributed by atoms with Gasteiger partial charge in [0.15, 0.2) is 5.76 Å². The Morgan fingerprint density at radius 3 is 2.83 bits per heavy atom. The summed E-state index contributed by atoms with van der Waals surface area (Å²) in [5, 5.41) is 3.56. The molecule has 1 aliphatic heterocycles. The van der Waals surface area contributed by atoms with Crippen molar-refractivity contribution in [1.29, 1.82) is 0 Å². The van der Waals surface area contributed by atoms with Gasteiger partial charge in [0.2, 0.25) is 5.91 Å². The van der Waals surface area contributed by atoms with Crippen LogP contribution in [0.15, 0.2) is 33.8 Å². The van der Waals surface area contributed by atoms with E-state index in [9.17, 15) is 13.2 Å². The van der Waals surface area contributed by atoms with Gasteiger partial charge in [-0.2, -0.15) is 0 Å². The van der Waals surface area contributed by atoms with Crippen molar-refractivity contribution in [3.05, 3.63) is 35.7 Å². The number of carbonyl (C=O) groups is 1. The minimum atomic E-state index is -3.77. The Bertz CT molecular complexity index is 915. The third kappa shape index (κ3) is 2.56. The molecule has 1 aliphatic carbocycles. The van der Waals surface area contributed by atoms with Crippen molar-refractivity contribution < 1.29 is 17.7 Å². The summed E-state index contributed by atoms with van der Waals surface area (Å²) in [7, 11) is -3.77. The normalized spacial score (nSPS) is 17.0. The second-order valence-electron chi connectivity index (χ2n) is 6.21. The highest BCUT2D eigenvalue weighted by molar-refractivity contribution is 7.92. The molecule has 1 saturated carbocycles. The van der Waals surface area contributed by atoms with Crippen LogP contribution < -0.4 is 9.62 Å². The maximum Gasteiger partial charge on any atom is 0.262 e. The third-order valence-electron chi connectivity index (χ3n) is 4.45. The molecule has 0 bridgehead atoms. The summed E-state index contributed by atoms with van der Waals surface area (Å²) in [4.78, 5) is 14.2. The maximum atomic E-state index is 12.6. The largest absolute Gasteiger partial charge is 0.359 e. The number of fused-ring (bicyclic) bond motifs is 1. The molecule has 4 rings (SSSR count). The number of nitrogens with zero attached hydrogens (tertiary/aromatic N) is 2. The number of carbonyl (C=O) groups excluding carboxylic acids is 1. The van der Waals surface area contributed by atoms with Gasteiger partial charge in [-0.15, -0.1) is 0 Å². The smallest absolute Gasteiger partial charge is 0.262 e. The predicted molar refractivity (Wildman–Crippen MR) is 87.3 cm³/mol. The van der Waals surface area contributed by atoms with Gasteiger partial charge < -0.3 is 9.42 Å². The number of benzene rings is 1. The molecule has 126 valence electrons. The van der Waals surface area contributed by atoms with Gasteiger partial charge in [0.25, 0.3) is 10.0 Å². The van der Waals surface area contributed by atoms with Gasteiger partial charge in [-0.1, -0.05) is 11.2 Å². The quantitative estimate of drug-likeness (QED) is 0.914. The molecule has 8 heteroatoms. The first-order valence-electron chi connectivity index (χ1n) is 7.84. The average Bonchev–Trinajstić information content (AvgIpc) is 3.21. The number of hydrogen-bond acceptors (Lipinski definition) is 5. The van der Waals surface area contributed by atoms with Gasteiger partial charge in [-0.05, 0) is 43.9 Å². The fourth-order valence-electron chi connectivity index (χ4n) is 2.91. The lowest BCUT2D eigenvalue weighted by Crippen LogP contribution is -2.30. The van der Waals surface area contributed by atoms with Crippen LogP contribution in [0.3, 0.4) is 0 Å². The number of nitrogens with one attached hydrogen (secondary N) is 1. The van der Waals surface area contributed by atoms with Gasteiger partial charge in [0.1, 0.15) is 5.69 Å². The summed E-state index contributed by atoms with van der Waals surface area (Å²) < 4.78 is 32.5. The van der Waals surface area contributed by atoms with E-state index in [0.717, 1.165) is 24.8 Å². The average molecular weight is 347 g/mol. The molecule has 0 radical (unpaired) electrons. The summed E-state index contributed by atoms with van der Waals surface area (Å²) in [5.41, 5.74) is 2.02. The standard InChI is InChI=1S/C16H17N3O4S/c1-10-14(9-17-23-10)18-24(21,22)13-5-4-11-6-7-19(15(11)8-13)16(20)12-2-3-12/h4-5,8-9,12,18H,2-3,6-7H2,1H3. The SMILES string of the molecule is Cc1oncc1NS(=O)(=O)c1ccc2c(c1)N(C(=O)C1CC1)CC2. The van der Waals surface area contributed by atoms with Crippen LogP contribution in [0.4, 0.5) is 11.4 Å². The fraction of sp³-hybridized carbons (Fsp3) is 0.375. The van der Waals surface area contributed by atoms with Crippen molar-refractivity contribution in [1.82, 2.24) is 5.16 Å². The van der Waals surface area contributed by atoms with Crippen molar-refractivity contribution in [2.45, 2.75) is 31.1 Å². The molecule has 7 nitrogen and oxygen atoms in total. The molecular formula is C16H17N3O4S. The Labute approximate surface area is 139 Å². The Balaban J connectivity index is 1.66. The van der Waals surface area contributed by atoms with Crippen LogP contribution in [0.25, 0.3) is 0 Å². The number of rotatable bonds is 4. The molecule has 0 atom stereocenters. The lowest BCUT2D eigenvalue weighted by Gasteiger charge is -2.18. The van der Waals surface area contributed by atoms with E-state index in [1.165, 1.54) is 6.20 Å². The molecule has 2 aliphatic rings. The molecule has 1 aromatic heterocycles. The first-order valence-corrected chi connectivity index (χ1v) is 9.32. The highest BCUT2D eigenvalue weighted by Gasteiger charge is 2.37. The number of sulfonamides is 1. The van der Waals surface area contributed by atoms with Gasteiger partial charge >= 0.3 is 0 Å². The Kier molecular flexibility index (Phi) is 3.38. The van der Waals surface area contributed by atoms with Gasteiger partial charge in [-0.3, -0.25) is 9.52 Å². The van der Waals surface area contributed by atoms with E-state index in [1.54, 1.807) is 30.0 Å². The lowest BCUT2D eigenvalue weighted by molar-refractivity contribution is -0.119. The fourth-order valence-corrected chi connectivity index (χ4v) is 4.02. The van der Waals surface area contributed by atoms with Crippen molar-refractivity contribution in [2.75, 3.05) is 16.2 Å². The summed E-state index contributed by atoms with van der Waals surface area (Å²) in [6, 6.07) is 4.92. The molecule has 1 aromatic carbocycles. The van der Waals surface area contributed by atoms with Crippen molar-refractivity contribution in [2.24, 2.45) is 5.92 Å². The van der Waals surface area contributed by atoms with E-state index in [1.807, 2.05) is 0 Å². The molecule has 0 spiro atoms. The van der Waals surface area contributed by atoms with Crippen LogP contribution in [0.1, 0.15) is 24.2 Å². The van der Waals surface area contributed by atoms with E-state index in [0.29, 0.717) is 23.7 Å². The van der Waals surface area contributed by atoms with Crippen LogP contribution in [0, 0.1) is 12.8 Å². The van der Waals surface area contributed by atoms with Crippen LogP contribution in [0.5, 0.6) is 0 Å². The summed E-state index contributed by atoms with van der Waals surface area (Å²) in [6.07, 6.45) is 3.93. The molecular weight excluding hydrogens is 330 g/mol. The van der Waals surface area contributed by atoms with Gasteiger partial charge in [0.05, 0.1) is 11.1 Å². The van der Waals surface area contributed by atoms with Crippen LogP contribution >= 0.6 is 0 Å². The zero-order valence-electron chi connectivity index (χ0n) is 13.2. The number of aryl methyl sites for hydroxylation is 1. The molecule has 0 saturated heterocycles. The van der Waals surface area contributed by atoms with E-state index < -0.39 is 10.0 Å². The van der Waals surface area contributed by atoms with E-state index >= 15 is 0 Å². The molecule has 0 unspecified atom stereocenters. The van der Waals surface area contributed by atoms with E-state index in [4.69, 9.17) is 4.52 Å². The minimum Gasteiger partial charge on any atom is -0.359 e. The van der Waals surface area contributed by atoms with Crippen LogP contribution in [0.2, 0.25) is 0 Å². The molecule has 1 N–H and O–H groups in total. The third-order valence-corrected chi connectivity index (χ3v) is 5.81. The summed E-state index contributed by atoms with van der Waals surface area (Å²) >= 11 is 0. The monoisotopic (exact) mass is 347 g/mol. The Hall–Kier alpha value is -2.35.